The maximum absolute atomic E-state index is 14.3. The number of hydrogen-bond donors (Lipinski definition) is 0. The SMILES string of the molecule is O=C1C(=Cc2cc3c(s2)C2=CC4C=C5OC6(CCCCC6)c6cc(/C=C7\C(=O)c8cc9c(cc8C7=O)CC(F)C(F)=C9)sc6C5=CC4C=C2OC32CCCCC2)C(=O)c2cc3cc(F)c(F)cc3cc21. The van der Waals surface area contributed by atoms with E-state index < -0.39 is 58.0 Å². The number of allylic oxidation sites excluding steroid dienone is 9. The number of carbonyl (C=O) groups excluding carboxylic acids is 4. The fourth-order valence-electron chi connectivity index (χ4n) is 12.6. The zero-order valence-corrected chi connectivity index (χ0v) is 39.1. The Kier molecular flexibility index (Phi) is 9.09. The van der Waals surface area contributed by atoms with Crippen LogP contribution in [-0.2, 0) is 27.1 Å². The molecule has 7 aliphatic carbocycles. The molecule has 0 radical (unpaired) electrons. The minimum Gasteiger partial charge on any atom is -0.482 e. The van der Waals surface area contributed by atoms with E-state index in [1.165, 1.54) is 29.5 Å². The average Bonchev–Trinajstić information content (AvgIpc) is 4.10. The highest BCUT2D eigenvalue weighted by Crippen LogP contribution is 2.59. The first-order valence-electron chi connectivity index (χ1n) is 24.1. The summed E-state index contributed by atoms with van der Waals surface area (Å²) in [6.07, 6.45) is 20.9. The monoisotopic (exact) mass is 972 g/mol. The van der Waals surface area contributed by atoms with Gasteiger partial charge in [-0.05, 0) is 152 Å². The normalized spacial score (nSPS) is 24.8. The Labute approximate surface area is 407 Å². The second-order valence-electron chi connectivity index (χ2n) is 20.2. The van der Waals surface area contributed by atoms with Crippen molar-refractivity contribution in [3.63, 3.8) is 0 Å². The number of hydrogen-bond acceptors (Lipinski definition) is 8. The van der Waals surface area contributed by atoms with Crippen LogP contribution >= 0.6 is 22.7 Å². The van der Waals surface area contributed by atoms with Gasteiger partial charge in [-0.3, -0.25) is 19.2 Å². The van der Waals surface area contributed by atoms with E-state index in [9.17, 15) is 36.7 Å². The predicted octanol–water partition coefficient (Wildman–Crippen LogP) is 14.2. The summed E-state index contributed by atoms with van der Waals surface area (Å²) in [5.41, 5.74) is 4.63. The molecule has 70 heavy (non-hydrogen) atoms. The van der Waals surface area contributed by atoms with Gasteiger partial charge in [0, 0.05) is 82.3 Å². The number of benzene rings is 3. The molecule has 2 fully saturated rings. The smallest absolute Gasteiger partial charge is 0.197 e. The summed E-state index contributed by atoms with van der Waals surface area (Å²) in [6, 6.07) is 12.2. The van der Waals surface area contributed by atoms with Crippen LogP contribution in [0.5, 0.6) is 0 Å². The van der Waals surface area contributed by atoms with Crippen LogP contribution in [0.15, 0.2) is 101 Å². The predicted molar refractivity (Wildman–Crippen MR) is 261 cm³/mol. The first-order valence-corrected chi connectivity index (χ1v) is 25.8. The summed E-state index contributed by atoms with van der Waals surface area (Å²) in [7, 11) is 0. The highest BCUT2D eigenvalue weighted by molar-refractivity contribution is 7.14. The van der Waals surface area contributed by atoms with Gasteiger partial charge in [-0.25, -0.2) is 17.6 Å². The molecule has 2 saturated carbocycles. The molecular formula is C58H40F4O6S2. The lowest BCUT2D eigenvalue weighted by Gasteiger charge is -2.46. The van der Waals surface area contributed by atoms with Crippen LogP contribution in [0.3, 0.4) is 0 Å². The van der Waals surface area contributed by atoms with Gasteiger partial charge in [-0.15, -0.1) is 22.7 Å². The van der Waals surface area contributed by atoms with Gasteiger partial charge < -0.3 is 9.47 Å². The first-order chi connectivity index (χ1) is 33.8. The molecule has 0 N–H and O–H groups in total. The lowest BCUT2D eigenvalue weighted by molar-refractivity contribution is -0.0339. The summed E-state index contributed by atoms with van der Waals surface area (Å²) in [6.45, 7) is 0. The molecule has 3 aromatic carbocycles. The molecular weight excluding hydrogens is 933 g/mol. The Bertz CT molecular complexity index is 3510. The molecule has 3 unspecified atom stereocenters. The Morgan fingerprint density at radius 2 is 0.986 bits per heavy atom. The molecule has 2 spiro atoms. The van der Waals surface area contributed by atoms with E-state index in [2.05, 4.69) is 36.4 Å². The molecule has 9 aliphatic rings. The highest BCUT2D eigenvalue weighted by Gasteiger charge is 2.49. The van der Waals surface area contributed by atoms with E-state index in [-0.39, 0.29) is 51.7 Å². The summed E-state index contributed by atoms with van der Waals surface area (Å²) in [4.78, 5) is 59.1. The zero-order chi connectivity index (χ0) is 47.5. The van der Waals surface area contributed by atoms with Gasteiger partial charge in [0.15, 0.2) is 40.9 Å². The van der Waals surface area contributed by atoms with E-state index in [4.69, 9.17) is 9.47 Å². The van der Waals surface area contributed by atoms with Crippen molar-refractivity contribution in [2.45, 2.75) is 88.0 Å². The van der Waals surface area contributed by atoms with Crippen LogP contribution in [0.2, 0.25) is 0 Å². The van der Waals surface area contributed by atoms with Crippen molar-refractivity contribution in [2.24, 2.45) is 11.8 Å². The third-order valence-corrected chi connectivity index (χ3v) is 18.3. The molecule has 348 valence electrons. The largest absolute Gasteiger partial charge is 0.482 e. The number of rotatable bonds is 2. The minimum absolute atomic E-state index is 0.0165. The zero-order valence-electron chi connectivity index (χ0n) is 37.4. The van der Waals surface area contributed by atoms with Gasteiger partial charge in [-0.2, -0.15) is 0 Å². The number of alkyl halides is 1. The van der Waals surface area contributed by atoms with Crippen molar-refractivity contribution < 1.29 is 46.2 Å². The van der Waals surface area contributed by atoms with E-state index in [1.54, 1.807) is 29.6 Å². The molecule has 0 amide bonds. The molecule has 5 aromatic rings. The van der Waals surface area contributed by atoms with E-state index >= 15 is 0 Å². The fraction of sp³-hybridized carbons (Fsp3) is 0.276. The number of ether oxygens (including phenoxy) is 2. The number of thiophene rings is 2. The summed E-state index contributed by atoms with van der Waals surface area (Å²) >= 11 is 3.07. The van der Waals surface area contributed by atoms with Crippen molar-refractivity contribution in [3.8, 4) is 0 Å². The van der Waals surface area contributed by atoms with Crippen molar-refractivity contribution in [1.82, 2.24) is 0 Å². The minimum atomic E-state index is -1.78. The Morgan fingerprint density at radius 1 is 0.543 bits per heavy atom. The Morgan fingerprint density at radius 3 is 1.46 bits per heavy atom. The van der Waals surface area contributed by atoms with Gasteiger partial charge in [0.05, 0.1) is 11.1 Å². The molecule has 0 bridgehead atoms. The Balaban J connectivity index is 0.826. The number of Topliss-reactive ketones (excluding diaryl/α,β-unsaturated/α-hetero) is 4. The quantitative estimate of drug-likeness (QED) is 0.0995. The lowest BCUT2D eigenvalue weighted by Crippen LogP contribution is -2.37. The molecule has 12 heteroatoms. The van der Waals surface area contributed by atoms with Gasteiger partial charge in [0.2, 0.25) is 0 Å². The second kappa shape index (κ2) is 15.0. The van der Waals surface area contributed by atoms with E-state index in [0.717, 1.165) is 136 Å². The van der Waals surface area contributed by atoms with Crippen LogP contribution in [-0.4, -0.2) is 29.3 Å². The average molecular weight is 973 g/mol. The molecule has 3 atom stereocenters. The van der Waals surface area contributed by atoms with Crippen molar-refractivity contribution in [2.75, 3.05) is 0 Å². The van der Waals surface area contributed by atoms with Crippen molar-refractivity contribution in [3.05, 3.63) is 177 Å². The van der Waals surface area contributed by atoms with Gasteiger partial charge in [0.25, 0.3) is 0 Å². The molecule has 6 nitrogen and oxygen atoms in total. The van der Waals surface area contributed by atoms with Crippen LogP contribution in [0.4, 0.5) is 17.6 Å². The number of halogens is 4. The van der Waals surface area contributed by atoms with Crippen LogP contribution < -0.4 is 0 Å². The summed E-state index contributed by atoms with van der Waals surface area (Å²) < 4.78 is 71.3. The Hall–Kier alpha value is -6.50. The van der Waals surface area contributed by atoms with Crippen molar-refractivity contribution >= 4 is 86.0 Å². The standard InChI is InChI=1S/C58H40F4O6S2/c59-45-17-27-11-35-36(12-28(27)18-46(45)60)52(64)41(51(35)63)23-33-25-43-55(69-33)39-15-32-22-50-40(16-31(32)21-49(39)67-57(43)7-3-1-4-8-57)56-44(58(68-50)9-5-2-6-10-58)26-34(70-56)24-42-53(65)37-13-29-19-47(61)48(62)20-30(29)14-38(37)54(42)66/h11-19,21-26,31-32,48H,1-10,20H2/b42-24+. The molecule has 4 heterocycles. The summed E-state index contributed by atoms with van der Waals surface area (Å²) in [5, 5.41) is 0.684. The maximum atomic E-state index is 14.3. The van der Waals surface area contributed by atoms with Gasteiger partial charge in [0.1, 0.15) is 28.5 Å². The third kappa shape index (κ3) is 6.14. The van der Waals surface area contributed by atoms with Gasteiger partial charge >= 0.3 is 0 Å². The number of ketones is 4. The van der Waals surface area contributed by atoms with E-state index in [0.29, 0.717) is 21.9 Å². The highest BCUT2D eigenvalue weighted by atomic mass is 32.1. The number of carbonyl (C=O) groups is 4. The first kappa shape index (κ1) is 42.4. The molecule has 0 saturated heterocycles. The summed E-state index contributed by atoms with van der Waals surface area (Å²) in [5.74, 6) is -3.22. The van der Waals surface area contributed by atoms with Crippen LogP contribution in [0.25, 0.3) is 40.1 Å². The second-order valence-corrected chi connectivity index (χ2v) is 22.4. The number of fused-ring (bicyclic) bond motifs is 13. The fourth-order valence-corrected chi connectivity index (χ4v) is 15.1. The van der Waals surface area contributed by atoms with Gasteiger partial charge in [-0.1, -0.05) is 25.0 Å². The van der Waals surface area contributed by atoms with E-state index in [1.807, 2.05) is 0 Å². The lowest BCUT2D eigenvalue weighted by atomic mass is 9.72. The molecule has 2 aromatic heterocycles. The maximum Gasteiger partial charge on any atom is 0.197 e. The third-order valence-electron chi connectivity index (χ3n) is 16.1. The van der Waals surface area contributed by atoms with Crippen LogP contribution in [0, 0.1) is 23.5 Å². The molecule has 2 aliphatic heterocycles. The topological polar surface area (TPSA) is 86.7 Å². The van der Waals surface area contributed by atoms with Crippen molar-refractivity contribution in [1.29, 1.82) is 0 Å². The molecule has 14 rings (SSSR count). The van der Waals surface area contributed by atoms with Crippen LogP contribution in [0.1, 0.15) is 147 Å².